The number of rotatable bonds is 4. The highest BCUT2D eigenvalue weighted by atomic mass is 16.3. The molecule has 0 unspecified atom stereocenters. The highest BCUT2D eigenvalue weighted by molar-refractivity contribution is 6.11. The van der Waals surface area contributed by atoms with Crippen LogP contribution in [0.2, 0.25) is 0 Å². The van der Waals surface area contributed by atoms with E-state index in [0.29, 0.717) is 28.9 Å². The molecule has 6 heteroatoms. The number of para-hydroxylation sites is 1. The molecule has 224 valence electrons. The Morgan fingerprint density at radius 3 is 1.98 bits per heavy atom. The minimum Gasteiger partial charge on any atom is -0.456 e. The van der Waals surface area contributed by atoms with Crippen LogP contribution in [0.15, 0.2) is 154 Å². The summed E-state index contributed by atoms with van der Waals surface area (Å²) in [6, 6.07) is 49.0. The van der Waals surface area contributed by atoms with Crippen LogP contribution in [0.1, 0.15) is 0 Å². The molecule has 6 nitrogen and oxygen atoms in total. The van der Waals surface area contributed by atoms with Crippen molar-refractivity contribution >= 4 is 54.6 Å². The molecule has 10 aromatic rings. The molecule has 0 amide bonds. The Balaban J connectivity index is 1.23. The van der Waals surface area contributed by atoms with E-state index in [1.807, 2.05) is 91.0 Å². The SMILES string of the molecule is c1ccc(-c2nc3ccc4cccc(-c5nc(-c6ccc7ccccc7c6)nc(-c6ccc7oc8ccccc8c7c6)n5)c4c3o2)cc1. The maximum Gasteiger partial charge on any atom is 0.227 e. The molecule has 0 atom stereocenters. The van der Waals surface area contributed by atoms with Crippen molar-refractivity contribution in [1.29, 1.82) is 0 Å². The van der Waals surface area contributed by atoms with E-state index in [9.17, 15) is 0 Å². The highest BCUT2D eigenvalue weighted by Crippen LogP contribution is 2.38. The summed E-state index contributed by atoms with van der Waals surface area (Å²) < 4.78 is 12.6. The fourth-order valence-electron chi connectivity index (χ4n) is 6.59. The van der Waals surface area contributed by atoms with E-state index in [2.05, 4.69) is 54.6 Å². The van der Waals surface area contributed by atoms with E-state index in [1.165, 1.54) is 0 Å². The van der Waals surface area contributed by atoms with E-state index < -0.39 is 0 Å². The molecule has 7 aromatic carbocycles. The minimum absolute atomic E-state index is 0.552. The molecule has 0 radical (unpaired) electrons. The number of aromatic nitrogens is 4. The molecule has 0 fully saturated rings. The zero-order valence-electron chi connectivity index (χ0n) is 25.5. The normalized spacial score (nSPS) is 11.8. The zero-order valence-corrected chi connectivity index (χ0v) is 25.5. The summed E-state index contributed by atoms with van der Waals surface area (Å²) >= 11 is 0. The van der Waals surface area contributed by atoms with Crippen molar-refractivity contribution < 1.29 is 8.83 Å². The number of benzene rings is 7. The van der Waals surface area contributed by atoms with Crippen molar-refractivity contribution in [2.45, 2.75) is 0 Å². The first kappa shape index (κ1) is 26.5. The van der Waals surface area contributed by atoms with Crippen LogP contribution in [0.3, 0.4) is 0 Å². The van der Waals surface area contributed by atoms with Crippen molar-refractivity contribution in [2.75, 3.05) is 0 Å². The van der Waals surface area contributed by atoms with Gasteiger partial charge < -0.3 is 8.83 Å². The average Bonchev–Trinajstić information content (AvgIpc) is 3.76. The Morgan fingerprint density at radius 1 is 0.396 bits per heavy atom. The van der Waals surface area contributed by atoms with Gasteiger partial charge in [0.15, 0.2) is 23.1 Å². The van der Waals surface area contributed by atoms with E-state index >= 15 is 0 Å². The molecule has 0 aliphatic rings. The van der Waals surface area contributed by atoms with Gasteiger partial charge in [0.2, 0.25) is 5.89 Å². The molecule has 0 aliphatic heterocycles. The molecule has 0 saturated carbocycles. The van der Waals surface area contributed by atoms with Crippen LogP contribution in [0.5, 0.6) is 0 Å². The van der Waals surface area contributed by atoms with Gasteiger partial charge in [0.1, 0.15) is 16.7 Å². The van der Waals surface area contributed by atoms with Gasteiger partial charge in [0.05, 0.1) is 0 Å². The summed E-state index contributed by atoms with van der Waals surface area (Å²) in [5, 5.41) is 6.25. The lowest BCUT2D eigenvalue weighted by Gasteiger charge is -2.11. The first-order valence-corrected chi connectivity index (χ1v) is 15.8. The van der Waals surface area contributed by atoms with Crippen molar-refractivity contribution in [3.8, 4) is 45.6 Å². The molecular weight excluding hydrogens is 592 g/mol. The molecule has 48 heavy (non-hydrogen) atoms. The summed E-state index contributed by atoms with van der Waals surface area (Å²) in [4.78, 5) is 20.2. The number of hydrogen-bond acceptors (Lipinski definition) is 6. The van der Waals surface area contributed by atoms with E-state index in [1.54, 1.807) is 0 Å². The first-order chi connectivity index (χ1) is 23.7. The smallest absolute Gasteiger partial charge is 0.227 e. The number of hydrogen-bond donors (Lipinski definition) is 0. The summed E-state index contributed by atoms with van der Waals surface area (Å²) in [7, 11) is 0. The monoisotopic (exact) mass is 616 g/mol. The lowest BCUT2D eigenvalue weighted by molar-refractivity contribution is 0.623. The standard InChI is InChI=1S/C42H24N4O2/c1-2-10-27(11-3-1)42-43-34-21-19-26-13-8-15-32(37(26)38(34)48-42)41-45-39(29-18-17-25-9-4-5-12-28(25)23-29)44-40(46-41)30-20-22-36-33(24-30)31-14-6-7-16-35(31)47-36/h1-24H. The van der Waals surface area contributed by atoms with Crippen LogP contribution >= 0.6 is 0 Å². The van der Waals surface area contributed by atoms with E-state index in [0.717, 1.165) is 71.3 Å². The Kier molecular flexibility index (Phi) is 5.77. The van der Waals surface area contributed by atoms with Crippen molar-refractivity contribution in [2.24, 2.45) is 0 Å². The molecular formula is C42H24N4O2. The second kappa shape index (κ2) is 10.4. The molecule has 0 saturated heterocycles. The Morgan fingerprint density at radius 2 is 1.08 bits per heavy atom. The van der Waals surface area contributed by atoms with Crippen LogP contribution in [0.4, 0.5) is 0 Å². The van der Waals surface area contributed by atoms with Gasteiger partial charge in [-0.15, -0.1) is 0 Å². The van der Waals surface area contributed by atoms with Crippen molar-refractivity contribution in [3.05, 3.63) is 146 Å². The van der Waals surface area contributed by atoms with Crippen LogP contribution in [-0.2, 0) is 0 Å². The van der Waals surface area contributed by atoms with Gasteiger partial charge in [-0.05, 0) is 64.7 Å². The van der Waals surface area contributed by atoms with Gasteiger partial charge in [-0.1, -0.05) is 97.1 Å². The Labute approximate surface area is 274 Å². The largest absolute Gasteiger partial charge is 0.456 e. The third-order valence-electron chi connectivity index (χ3n) is 8.94. The summed E-state index contributed by atoms with van der Waals surface area (Å²) in [6.07, 6.45) is 0. The van der Waals surface area contributed by atoms with E-state index in [4.69, 9.17) is 28.8 Å². The molecule has 3 aromatic heterocycles. The summed E-state index contributed by atoms with van der Waals surface area (Å²) in [5.74, 6) is 2.28. The number of oxazole rings is 1. The third-order valence-corrected chi connectivity index (χ3v) is 8.94. The highest BCUT2D eigenvalue weighted by Gasteiger charge is 2.19. The molecule has 0 aliphatic carbocycles. The minimum atomic E-state index is 0.552. The molecule has 0 N–H and O–H groups in total. The van der Waals surface area contributed by atoms with Gasteiger partial charge in [-0.3, -0.25) is 0 Å². The molecule has 0 spiro atoms. The van der Waals surface area contributed by atoms with Gasteiger partial charge in [0.25, 0.3) is 0 Å². The second-order valence-electron chi connectivity index (χ2n) is 11.9. The van der Waals surface area contributed by atoms with Crippen LogP contribution < -0.4 is 0 Å². The van der Waals surface area contributed by atoms with E-state index in [-0.39, 0.29) is 0 Å². The van der Waals surface area contributed by atoms with Crippen LogP contribution in [-0.4, -0.2) is 19.9 Å². The van der Waals surface area contributed by atoms with Gasteiger partial charge in [0, 0.05) is 38.4 Å². The topological polar surface area (TPSA) is 77.8 Å². The predicted octanol–water partition coefficient (Wildman–Crippen LogP) is 10.9. The lowest BCUT2D eigenvalue weighted by Crippen LogP contribution is -2.00. The zero-order chi connectivity index (χ0) is 31.6. The van der Waals surface area contributed by atoms with Gasteiger partial charge in [-0.2, -0.15) is 0 Å². The lowest BCUT2D eigenvalue weighted by atomic mass is 10.0. The fraction of sp³-hybridized carbons (Fsp3) is 0. The number of fused-ring (bicyclic) bond motifs is 7. The molecule has 0 bridgehead atoms. The third kappa shape index (κ3) is 4.27. The quantitative estimate of drug-likeness (QED) is 0.196. The number of furan rings is 1. The summed E-state index contributed by atoms with van der Waals surface area (Å²) in [6.45, 7) is 0. The second-order valence-corrected chi connectivity index (χ2v) is 11.9. The average molecular weight is 617 g/mol. The molecule has 10 rings (SSSR count). The maximum absolute atomic E-state index is 6.49. The maximum atomic E-state index is 6.49. The molecule has 3 heterocycles. The van der Waals surface area contributed by atoms with Crippen LogP contribution in [0, 0.1) is 0 Å². The van der Waals surface area contributed by atoms with Crippen molar-refractivity contribution in [3.63, 3.8) is 0 Å². The summed E-state index contributed by atoms with van der Waals surface area (Å²) in [5.41, 5.74) is 6.68. The predicted molar refractivity (Wildman–Crippen MR) is 191 cm³/mol. The van der Waals surface area contributed by atoms with Crippen LogP contribution in [0.25, 0.3) is 100 Å². The first-order valence-electron chi connectivity index (χ1n) is 15.8. The van der Waals surface area contributed by atoms with Gasteiger partial charge in [-0.25, -0.2) is 19.9 Å². The van der Waals surface area contributed by atoms with Gasteiger partial charge >= 0.3 is 0 Å². The Hall–Kier alpha value is -6.66. The Bertz CT molecular complexity index is 2850. The van der Waals surface area contributed by atoms with Crippen molar-refractivity contribution in [1.82, 2.24) is 19.9 Å². The fourth-order valence-corrected chi connectivity index (χ4v) is 6.59. The number of nitrogens with zero attached hydrogens (tertiary/aromatic N) is 4.